The summed E-state index contributed by atoms with van der Waals surface area (Å²) in [5.74, 6) is 1.13. The molecule has 1 heterocycles. The van der Waals surface area contributed by atoms with Gasteiger partial charge in [0.05, 0.1) is 5.75 Å². The van der Waals surface area contributed by atoms with Crippen LogP contribution in [0.3, 0.4) is 0 Å². The van der Waals surface area contributed by atoms with Crippen molar-refractivity contribution in [2.24, 2.45) is 11.0 Å². The van der Waals surface area contributed by atoms with Gasteiger partial charge < -0.3 is 0 Å². The van der Waals surface area contributed by atoms with Crippen LogP contribution in [0.1, 0.15) is 27.2 Å². The van der Waals surface area contributed by atoms with Gasteiger partial charge in [-0.05, 0) is 31.4 Å². The van der Waals surface area contributed by atoms with Crippen molar-refractivity contribution in [3.05, 3.63) is 60.7 Å². The first-order chi connectivity index (χ1) is 14.1. The number of hydrogen-bond donors (Lipinski definition) is 1. The lowest BCUT2D eigenvalue weighted by Crippen LogP contribution is -2.22. The van der Waals surface area contributed by atoms with Gasteiger partial charge in [-0.15, -0.1) is 10.2 Å². The SMILES string of the molecule is CCC(C)C(C)=NNC(=O)CSc1nnc(-c2ccccc2)n1-c1ccccc1. The van der Waals surface area contributed by atoms with Crippen LogP contribution in [0.4, 0.5) is 0 Å². The zero-order chi connectivity index (χ0) is 20.6. The number of aromatic nitrogens is 3. The van der Waals surface area contributed by atoms with Gasteiger partial charge in [-0.1, -0.05) is 74.1 Å². The maximum Gasteiger partial charge on any atom is 0.250 e. The van der Waals surface area contributed by atoms with E-state index >= 15 is 0 Å². The number of nitrogens with one attached hydrogen (secondary N) is 1. The van der Waals surface area contributed by atoms with Gasteiger partial charge in [0, 0.05) is 17.0 Å². The fourth-order valence-electron chi connectivity index (χ4n) is 2.67. The van der Waals surface area contributed by atoms with Crippen LogP contribution in [0.5, 0.6) is 0 Å². The topological polar surface area (TPSA) is 72.2 Å². The molecule has 0 saturated carbocycles. The predicted octanol–water partition coefficient (Wildman–Crippen LogP) is 4.56. The first-order valence-electron chi connectivity index (χ1n) is 9.62. The molecule has 0 spiro atoms. The molecule has 0 saturated heterocycles. The number of hydrogen-bond acceptors (Lipinski definition) is 5. The Morgan fingerprint density at radius 2 is 1.76 bits per heavy atom. The minimum absolute atomic E-state index is 0.165. The van der Waals surface area contributed by atoms with Crippen LogP contribution in [0.25, 0.3) is 17.1 Å². The highest BCUT2D eigenvalue weighted by atomic mass is 32.2. The van der Waals surface area contributed by atoms with Gasteiger partial charge in [0.15, 0.2) is 11.0 Å². The molecule has 3 rings (SSSR count). The van der Waals surface area contributed by atoms with Crippen molar-refractivity contribution < 1.29 is 4.79 Å². The van der Waals surface area contributed by atoms with Crippen molar-refractivity contribution in [3.8, 4) is 17.1 Å². The van der Waals surface area contributed by atoms with E-state index in [-0.39, 0.29) is 11.7 Å². The van der Waals surface area contributed by atoms with Gasteiger partial charge in [-0.2, -0.15) is 5.10 Å². The molecule has 1 aromatic heterocycles. The summed E-state index contributed by atoms with van der Waals surface area (Å²) in [5.41, 5.74) is 5.47. The van der Waals surface area contributed by atoms with E-state index in [2.05, 4.69) is 34.6 Å². The van der Waals surface area contributed by atoms with Crippen LogP contribution in [0.2, 0.25) is 0 Å². The van der Waals surface area contributed by atoms with Gasteiger partial charge in [0.1, 0.15) is 0 Å². The van der Waals surface area contributed by atoms with Crippen molar-refractivity contribution in [1.82, 2.24) is 20.2 Å². The van der Waals surface area contributed by atoms with Gasteiger partial charge in [-0.3, -0.25) is 9.36 Å². The Balaban J connectivity index is 1.80. The average Bonchev–Trinajstić information content (AvgIpc) is 3.20. The van der Waals surface area contributed by atoms with E-state index in [9.17, 15) is 4.79 Å². The van der Waals surface area contributed by atoms with E-state index in [4.69, 9.17) is 0 Å². The second-order valence-corrected chi connectivity index (χ2v) is 7.67. The maximum absolute atomic E-state index is 12.3. The molecular weight excluding hydrogens is 382 g/mol. The maximum atomic E-state index is 12.3. The van der Waals surface area contributed by atoms with E-state index in [1.54, 1.807) is 0 Å². The molecule has 0 aliphatic carbocycles. The molecule has 1 N–H and O–H groups in total. The standard InChI is InChI=1S/C22H25N5OS/c1-4-16(2)17(3)23-24-20(28)15-29-22-26-25-21(18-11-7-5-8-12-18)27(22)19-13-9-6-10-14-19/h5-14,16H,4,15H2,1-3H3,(H,24,28). The Hall–Kier alpha value is -2.93. The lowest BCUT2D eigenvalue weighted by Gasteiger charge is -2.10. The summed E-state index contributed by atoms with van der Waals surface area (Å²) in [6.07, 6.45) is 0.988. The number of carbonyl (C=O) groups excluding carboxylic acids is 1. The summed E-state index contributed by atoms with van der Waals surface area (Å²) in [6, 6.07) is 19.8. The predicted molar refractivity (Wildman–Crippen MR) is 118 cm³/mol. The second kappa shape index (κ2) is 10.0. The zero-order valence-corrected chi connectivity index (χ0v) is 17.7. The molecule has 0 bridgehead atoms. The molecule has 1 atom stereocenters. The fourth-order valence-corrected chi connectivity index (χ4v) is 3.41. The minimum Gasteiger partial charge on any atom is -0.272 e. The summed E-state index contributed by atoms with van der Waals surface area (Å²) in [4.78, 5) is 12.3. The Morgan fingerprint density at radius 3 is 2.41 bits per heavy atom. The summed E-state index contributed by atoms with van der Waals surface area (Å²) in [7, 11) is 0. The molecule has 0 aliphatic heterocycles. The second-order valence-electron chi connectivity index (χ2n) is 6.73. The van der Waals surface area contributed by atoms with Crippen LogP contribution < -0.4 is 5.43 Å². The normalized spacial score (nSPS) is 12.6. The summed E-state index contributed by atoms with van der Waals surface area (Å²) >= 11 is 1.34. The first kappa shape index (κ1) is 20.8. The Labute approximate surface area is 175 Å². The van der Waals surface area contributed by atoms with E-state index in [1.807, 2.05) is 72.2 Å². The molecule has 3 aromatic rings. The highest BCUT2D eigenvalue weighted by Gasteiger charge is 2.17. The average molecular weight is 408 g/mol. The lowest BCUT2D eigenvalue weighted by molar-refractivity contribution is -0.118. The highest BCUT2D eigenvalue weighted by molar-refractivity contribution is 7.99. The quantitative estimate of drug-likeness (QED) is 0.337. The van der Waals surface area contributed by atoms with Gasteiger partial charge in [0.25, 0.3) is 5.91 Å². The number of amides is 1. The molecule has 150 valence electrons. The molecule has 1 amide bonds. The summed E-state index contributed by atoms with van der Waals surface area (Å²) in [5, 5.41) is 13.6. The number of nitrogens with zero attached hydrogens (tertiary/aromatic N) is 4. The van der Waals surface area contributed by atoms with Gasteiger partial charge in [-0.25, -0.2) is 5.43 Å². The van der Waals surface area contributed by atoms with Crippen molar-refractivity contribution in [3.63, 3.8) is 0 Å². The molecule has 6 nitrogen and oxygen atoms in total. The summed E-state index contributed by atoms with van der Waals surface area (Å²) in [6.45, 7) is 6.12. The van der Waals surface area contributed by atoms with Gasteiger partial charge in [0.2, 0.25) is 0 Å². The fraction of sp³-hybridized carbons (Fsp3) is 0.273. The van der Waals surface area contributed by atoms with Crippen LogP contribution in [-0.2, 0) is 4.79 Å². The number of para-hydroxylation sites is 1. The van der Waals surface area contributed by atoms with Crippen LogP contribution in [0.15, 0.2) is 70.9 Å². The van der Waals surface area contributed by atoms with Crippen molar-refractivity contribution >= 4 is 23.4 Å². The number of hydrazone groups is 1. The highest BCUT2D eigenvalue weighted by Crippen LogP contribution is 2.27. The molecule has 2 aromatic carbocycles. The lowest BCUT2D eigenvalue weighted by atomic mass is 10.1. The van der Waals surface area contributed by atoms with E-state index in [0.717, 1.165) is 29.2 Å². The van der Waals surface area contributed by atoms with E-state index in [1.165, 1.54) is 11.8 Å². The monoisotopic (exact) mass is 407 g/mol. The third kappa shape index (κ3) is 5.32. The smallest absolute Gasteiger partial charge is 0.250 e. The molecule has 29 heavy (non-hydrogen) atoms. The molecule has 0 fully saturated rings. The van der Waals surface area contributed by atoms with Gasteiger partial charge >= 0.3 is 0 Å². The van der Waals surface area contributed by atoms with Crippen molar-refractivity contribution in [2.45, 2.75) is 32.3 Å². The van der Waals surface area contributed by atoms with E-state index in [0.29, 0.717) is 11.1 Å². The number of thioether (sulfide) groups is 1. The van der Waals surface area contributed by atoms with Crippen molar-refractivity contribution in [1.29, 1.82) is 0 Å². The zero-order valence-electron chi connectivity index (χ0n) is 16.9. The Kier molecular flexibility index (Phi) is 7.19. The van der Waals surface area contributed by atoms with Crippen LogP contribution >= 0.6 is 11.8 Å². The number of carbonyl (C=O) groups is 1. The van der Waals surface area contributed by atoms with Crippen LogP contribution in [-0.4, -0.2) is 32.1 Å². The minimum atomic E-state index is -0.165. The molecular formula is C22H25N5OS. The largest absolute Gasteiger partial charge is 0.272 e. The third-order valence-electron chi connectivity index (χ3n) is 4.69. The first-order valence-corrected chi connectivity index (χ1v) is 10.6. The Morgan fingerprint density at radius 1 is 1.10 bits per heavy atom. The Bertz CT molecular complexity index is 969. The van der Waals surface area contributed by atoms with Crippen LogP contribution in [0, 0.1) is 5.92 Å². The summed E-state index contributed by atoms with van der Waals surface area (Å²) < 4.78 is 1.97. The third-order valence-corrected chi connectivity index (χ3v) is 5.62. The van der Waals surface area contributed by atoms with Crippen molar-refractivity contribution in [2.75, 3.05) is 5.75 Å². The number of benzene rings is 2. The molecule has 1 unspecified atom stereocenters. The molecule has 0 radical (unpaired) electrons. The molecule has 7 heteroatoms. The van der Waals surface area contributed by atoms with E-state index < -0.39 is 0 Å². The molecule has 0 aliphatic rings. The number of rotatable bonds is 8.